The number of thiazole rings is 1. The minimum atomic E-state index is -0.784. The van der Waals surface area contributed by atoms with Crippen molar-refractivity contribution in [3.05, 3.63) is 71.4 Å². The number of benzene rings is 1. The number of fused-ring (bicyclic) bond motifs is 1. The highest BCUT2D eigenvalue weighted by molar-refractivity contribution is 7.16. The second-order valence-corrected chi connectivity index (χ2v) is 15.3. The van der Waals surface area contributed by atoms with E-state index in [0.717, 1.165) is 28.3 Å². The summed E-state index contributed by atoms with van der Waals surface area (Å²) in [6, 6.07) is 11.3. The molecule has 2 aliphatic heterocycles. The Balaban J connectivity index is 1.06. The molecule has 4 aromatic heterocycles. The van der Waals surface area contributed by atoms with E-state index >= 15 is 0 Å². The molecule has 7 rings (SSSR count). The van der Waals surface area contributed by atoms with Crippen LogP contribution in [0.3, 0.4) is 0 Å². The number of rotatable bonds is 7. The minimum absolute atomic E-state index is 0.0613. The number of aryl methyl sites for hydroxylation is 1. The van der Waals surface area contributed by atoms with Crippen LogP contribution < -0.4 is 9.80 Å². The summed E-state index contributed by atoms with van der Waals surface area (Å²) in [6.45, 7) is 9.26. The van der Waals surface area contributed by atoms with Crippen molar-refractivity contribution in [2.45, 2.75) is 58.3 Å². The molecule has 2 aliphatic rings. The number of carbonyl (C=O) groups is 2. The van der Waals surface area contributed by atoms with Gasteiger partial charge in [-0.05, 0) is 63.6 Å². The van der Waals surface area contributed by atoms with Crippen molar-refractivity contribution in [2.24, 2.45) is 0 Å². The predicted octanol–water partition coefficient (Wildman–Crippen LogP) is 5.27. The van der Waals surface area contributed by atoms with Crippen LogP contribution in [0.15, 0.2) is 55.0 Å². The molecule has 2 amide bonds. The lowest BCUT2D eigenvalue weighted by molar-refractivity contribution is -0.136. The Bertz CT molecular complexity index is 2220. The van der Waals surface area contributed by atoms with E-state index in [9.17, 15) is 24.3 Å². The fourth-order valence-corrected chi connectivity index (χ4v) is 7.66. The smallest absolute Gasteiger partial charge is 0.411 e. The standard InChI is InChI=1S/C38H41FN10O4S/c1-6-28-33(45(5)36-44-32(30(18-40)54-36)23-7-10-26(39)11-8-23)49-21-24(9-12-31(49)43-28)25-19-41-35(42-20-25)47-15-13-46(14-16-47)34(51)29-17-27(50)22-48(29)37(52)53-38(2,3)4/h7-12,19-21,27,29,50H,6,13-17,22H2,1-5H3/t27-,29+/m0/s1. The highest BCUT2D eigenvalue weighted by atomic mass is 32.1. The molecule has 5 aromatic rings. The quantitative estimate of drug-likeness (QED) is 0.231. The molecule has 1 N–H and O–H groups in total. The van der Waals surface area contributed by atoms with Crippen LogP contribution in [0, 0.1) is 17.1 Å². The number of β-amino-alcohol motifs (C(OH)–C–C–N with tert-alkyl or cyclic N) is 1. The van der Waals surface area contributed by atoms with E-state index in [2.05, 4.69) is 16.0 Å². The van der Waals surface area contributed by atoms with Gasteiger partial charge in [0.1, 0.15) is 45.6 Å². The monoisotopic (exact) mass is 752 g/mol. The van der Waals surface area contributed by atoms with Crippen LogP contribution in [-0.4, -0.2) is 109 Å². The fourth-order valence-electron chi connectivity index (χ4n) is 6.81. The number of imidazole rings is 1. The highest BCUT2D eigenvalue weighted by Crippen LogP contribution is 2.37. The number of nitriles is 1. The number of hydrogen-bond donors (Lipinski definition) is 1. The van der Waals surface area contributed by atoms with Gasteiger partial charge in [0.2, 0.25) is 11.9 Å². The summed E-state index contributed by atoms with van der Waals surface area (Å²) in [6.07, 6.45) is 4.99. The van der Waals surface area contributed by atoms with Gasteiger partial charge in [-0.3, -0.25) is 14.1 Å². The Morgan fingerprint density at radius 1 is 1.04 bits per heavy atom. The first-order valence-electron chi connectivity index (χ1n) is 17.8. The van der Waals surface area contributed by atoms with Gasteiger partial charge in [-0.2, -0.15) is 5.26 Å². The molecule has 16 heteroatoms. The molecule has 280 valence electrons. The number of halogens is 1. The number of aliphatic hydroxyl groups excluding tert-OH is 1. The van der Waals surface area contributed by atoms with Crippen LogP contribution in [0.5, 0.6) is 0 Å². The molecule has 0 bridgehead atoms. The molecular formula is C38H41FN10O4S. The van der Waals surface area contributed by atoms with Gasteiger partial charge in [0, 0.05) is 74.9 Å². The Labute approximate surface area is 316 Å². The van der Waals surface area contributed by atoms with Crippen LogP contribution in [0.4, 0.5) is 26.1 Å². The number of amides is 2. The van der Waals surface area contributed by atoms with Crippen molar-refractivity contribution < 1.29 is 23.8 Å². The molecule has 1 aromatic carbocycles. The Morgan fingerprint density at radius 2 is 1.72 bits per heavy atom. The molecular weight excluding hydrogens is 712 g/mol. The van der Waals surface area contributed by atoms with Crippen LogP contribution in [0.1, 0.15) is 44.7 Å². The topological polar surface area (TPSA) is 156 Å². The number of carbonyl (C=O) groups excluding carboxylic acids is 2. The third-order valence-electron chi connectivity index (χ3n) is 9.48. The molecule has 0 saturated carbocycles. The maximum atomic E-state index is 13.6. The minimum Gasteiger partial charge on any atom is -0.444 e. The Morgan fingerprint density at radius 3 is 2.37 bits per heavy atom. The molecule has 0 spiro atoms. The average Bonchev–Trinajstić information content (AvgIpc) is 3.88. The molecule has 0 radical (unpaired) electrons. The normalized spacial score (nSPS) is 17.6. The van der Waals surface area contributed by atoms with E-state index < -0.39 is 23.8 Å². The van der Waals surface area contributed by atoms with Crippen molar-refractivity contribution in [3.63, 3.8) is 0 Å². The zero-order valence-electron chi connectivity index (χ0n) is 30.7. The van der Waals surface area contributed by atoms with Crippen molar-refractivity contribution in [1.29, 1.82) is 5.26 Å². The van der Waals surface area contributed by atoms with Gasteiger partial charge in [0.25, 0.3) is 0 Å². The first kappa shape index (κ1) is 36.7. The molecule has 2 fully saturated rings. The third-order valence-corrected chi connectivity index (χ3v) is 10.5. The molecule has 0 aliphatic carbocycles. The van der Waals surface area contributed by atoms with E-state index in [1.54, 1.807) is 50.2 Å². The number of aliphatic hydroxyl groups is 1. The molecule has 2 atom stereocenters. The predicted molar refractivity (Wildman–Crippen MR) is 202 cm³/mol. The maximum absolute atomic E-state index is 13.6. The zero-order chi connectivity index (χ0) is 38.3. The fraction of sp³-hybridized carbons (Fsp3) is 0.395. The number of pyridine rings is 1. The molecule has 6 heterocycles. The lowest BCUT2D eigenvalue weighted by Crippen LogP contribution is -2.55. The van der Waals surface area contributed by atoms with Gasteiger partial charge in [0.15, 0.2) is 5.13 Å². The van der Waals surface area contributed by atoms with Crippen molar-refractivity contribution in [1.82, 2.24) is 34.1 Å². The molecule has 2 saturated heterocycles. The van der Waals surface area contributed by atoms with Crippen LogP contribution in [0.2, 0.25) is 0 Å². The van der Waals surface area contributed by atoms with Crippen LogP contribution >= 0.6 is 11.3 Å². The van der Waals surface area contributed by atoms with E-state index in [0.29, 0.717) is 59.8 Å². The van der Waals surface area contributed by atoms with Crippen LogP contribution in [0.25, 0.3) is 28.0 Å². The van der Waals surface area contributed by atoms with E-state index in [1.165, 1.54) is 28.4 Å². The summed E-state index contributed by atoms with van der Waals surface area (Å²) >= 11 is 1.26. The van der Waals surface area contributed by atoms with Crippen molar-refractivity contribution in [2.75, 3.05) is 49.6 Å². The summed E-state index contributed by atoms with van der Waals surface area (Å²) in [5.41, 5.74) is 3.73. The first-order chi connectivity index (χ1) is 25.8. The van der Waals surface area contributed by atoms with E-state index in [-0.39, 0.29) is 24.7 Å². The van der Waals surface area contributed by atoms with Crippen molar-refractivity contribution in [3.8, 4) is 28.5 Å². The number of hydrogen-bond acceptors (Lipinski definition) is 12. The maximum Gasteiger partial charge on any atom is 0.411 e. The van der Waals surface area contributed by atoms with E-state index in [4.69, 9.17) is 14.7 Å². The summed E-state index contributed by atoms with van der Waals surface area (Å²) in [5.74, 6) is 0.796. The average molecular weight is 753 g/mol. The number of nitrogens with zero attached hydrogens (tertiary/aromatic N) is 10. The lowest BCUT2D eigenvalue weighted by atomic mass is 10.1. The largest absolute Gasteiger partial charge is 0.444 e. The second kappa shape index (κ2) is 14.6. The zero-order valence-corrected chi connectivity index (χ0v) is 31.5. The van der Waals surface area contributed by atoms with Gasteiger partial charge in [-0.15, -0.1) is 0 Å². The van der Waals surface area contributed by atoms with Crippen LogP contribution in [-0.2, 0) is 16.0 Å². The summed E-state index contributed by atoms with van der Waals surface area (Å²) in [4.78, 5) is 52.8. The number of likely N-dealkylation sites (tertiary alicyclic amines) is 1. The number of piperazine rings is 1. The second-order valence-electron chi connectivity index (χ2n) is 14.4. The Hall–Kier alpha value is -5.66. The molecule has 54 heavy (non-hydrogen) atoms. The lowest BCUT2D eigenvalue weighted by Gasteiger charge is -2.37. The van der Waals surface area contributed by atoms with Gasteiger partial charge in [0.05, 0.1) is 18.3 Å². The summed E-state index contributed by atoms with van der Waals surface area (Å²) in [7, 11) is 1.89. The van der Waals surface area contributed by atoms with Gasteiger partial charge in [-0.25, -0.2) is 29.1 Å². The highest BCUT2D eigenvalue weighted by Gasteiger charge is 2.43. The molecule has 14 nitrogen and oxygen atoms in total. The number of anilines is 3. The van der Waals surface area contributed by atoms with E-state index in [1.807, 2.05) is 46.5 Å². The molecule has 0 unspecified atom stereocenters. The SMILES string of the molecule is CCc1nc2ccc(-c3cnc(N4CCN(C(=O)[C@H]5C[C@H](O)CN5C(=O)OC(C)(C)C)CC4)nc3)cn2c1N(C)c1nc(-c2ccc(F)cc2)c(C#N)s1. The first-order valence-corrected chi connectivity index (χ1v) is 18.6. The van der Waals surface area contributed by atoms with Gasteiger partial charge in [-0.1, -0.05) is 18.3 Å². The van der Waals surface area contributed by atoms with Crippen molar-refractivity contribution >= 4 is 45.9 Å². The summed E-state index contributed by atoms with van der Waals surface area (Å²) < 4.78 is 21.1. The third kappa shape index (κ3) is 7.29. The van der Waals surface area contributed by atoms with Gasteiger partial charge < -0.3 is 24.5 Å². The number of aromatic nitrogens is 5. The van der Waals surface area contributed by atoms with Gasteiger partial charge >= 0.3 is 6.09 Å². The summed E-state index contributed by atoms with van der Waals surface area (Å²) in [5, 5.41) is 20.8. The number of ether oxygens (including phenoxy) is 1. The Kier molecular flexibility index (Phi) is 9.94.